The minimum atomic E-state index is -3.61. The number of hydrogen-bond acceptors (Lipinski definition) is 5. The lowest BCUT2D eigenvalue weighted by Gasteiger charge is -2.14. The van der Waals surface area contributed by atoms with Crippen LogP contribution in [0.2, 0.25) is 0 Å². The van der Waals surface area contributed by atoms with Crippen molar-refractivity contribution >= 4 is 15.7 Å². The smallest absolute Gasteiger partial charge is 0.260 e. The number of anilines is 1. The number of hydrogen-bond donors (Lipinski definition) is 3. The molecule has 100 valence electrons. The maximum absolute atomic E-state index is 12.2. The molecule has 0 saturated heterocycles. The van der Waals surface area contributed by atoms with Crippen LogP contribution in [0.4, 0.5) is 5.69 Å². The molecule has 1 aromatic rings. The normalized spacial score (nSPS) is 24.1. The third-order valence-corrected chi connectivity index (χ3v) is 4.68. The molecule has 7 heteroatoms. The monoisotopic (exact) mass is 270 g/mol. The summed E-state index contributed by atoms with van der Waals surface area (Å²) in [6, 6.07) is 3.21. The van der Waals surface area contributed by atoms with Crippen LogP contribution >= 0.6 is 0 Å². The molecule has 2 rings (SSSR count). The molecule has 1 heterocycles. The lowest BCUT2D eigenvalue weighted by Crippen LogP contribution is -2.34. The fraction of sp³-hybridized carbons (Fsp3) is 0.545. The van der Waals surface area contributed by atoms with Crippen molar-refractivity contribution in [2.24, 2.45) is 11.8 Å². The Balaban J connectivity index is 2.20. The van der Waals surface area contributed by atoms with E-state index in [-0.39, 0.29) is 11.1 Å². The Morgan fingerprint density at radius 3 is 2.83 bits per heavy atom. The second kappa shape index (κ2) is 5.21. The van der Waals surface area contributed by atoms with Crippen molar-refractivity contribution in [3.05, 3.63) is 18.3 Å². The fourth-order valence-corrected chi connectivity index (χ4v) is 3.68. The highest BCUT2D eigenvalue weighted by Crippen LogP contribution is 2.26. The molecule has 18 heavy (non-hydrogen) atoms. The summed E-state index contributed by atoms with van der Waals surface area (Å²) >= 11 is 0. The third-order valence-electron chi connectivity index (χ3n) is 3.20. The molecule has 0 bridgehead atoms. The molecule has 2 atom stereocenters. The first kappa shape index (κ1) is 13.3. The van der Waals surface area contributed by atoms with Crippen LogP contribution in [0.15, 0.2) is 23.4 Å². The molecule has 0 amide bonds. The average molecular weight is 270 g/mol. The van der Waals surface area contributed by atoms with Crippen molar-refractivity contribution in [1.29, 1.82) is 0 Å². The Morgan fingerprint density at radius 1 is 1.44 bits per heavy atom. The molecule has 1 aromatic heterocycles. The van der Waals surface area contributed by atoms with Gasteiger partial charge in [0.15, 0.2) is 5.03 Å². The van der Waals surface area contributed by atoms with Crippen molar-refractivity contribution in [1.82, 2.24) is 9.71 Å². The molecule has 0 radical (unpaired) electrons. The van der Waals surface area contributed by atoms with E-state index in [4.69, 9.17) is 5.84 Å². The van der Waals surface area contributed by atoms with Crippen molar-refractivity contribution < 1.29 is 8.42 Å². The minimum absolute atomic E-state index is 0.00219. The van der Waals surface area contributed by atoms with Gasteiger partial charge in [-0.05, 0) is 37.3 Å². The van der Waals surface area contributed by atoms with Crippen LogP contribution in [0.25, 0.3) is 0 Å². The summed E-state index contributed by atoms with van der Waals surface area (Å²) in [4.78, 5) is 3.89. The summed E-state index contributed by atoms with van der Waals surface area (Å²) in [5, 5.41) is -0.0490. The second-order valence-corrected chi connectivity index (χ2v) is 6.37. The van der Waals surface area contributed by atoms with Crippen LogP contribution in [0, 0.1) is 5.92 Å². The van der Waals surface area contributed by atoms with Crippen molar-refractivity contribution in [3.8, 4) is 0 Å². The quantitative estimate of drug-likeness (QED) is 0.556. The van der Waals surface area contributed by atoms with Crippen molar-refractivity contribution in [3.63, 3.8) is 0 Å². The van der Waals surface area contributed by atoms with Gasteiger partial charge in [0, 0.05) is 12.2 Å². The van der Waals surface area contributed by atoms with Crippen LogP contribution < -0.4 is 16.0 Å². The molecule has 1 saturated carbocycles. The SMILES string of the molecule is CC1CCC(NS(=O)(=O)c2ncccc2NN)C1. The van der Waals surface area contributed by atoms with Gasteiger partial charge in [0.05, 0.1) is 5.69 Å². The zero-order valence-corrected chi connectivity index (χ0v) is 11.1. The van der Waals surface area contributed by atoms with Crippen LogP contribution in [-0.4, -0.2) is 19.4 Å². The zero-order valence-electron chi connectivity index (χ0n) is 10.3. The van der Waals surface area contributed by atoms with E-state index in [1.165, 1.54) is 6.20 Å². The molecule has 0 aliphatic heterocycles. The van der Waals surface area contributed by atoms with Gasteiger partial charge >= 0.3 is 0 Å². The maximum atomic E-state index is 12.2. The standard InChI is InChI=1S/C11H18N4O2S/c1-8-4-5-9(7-8)15-18(16,17)11-10(14-12)3-2-6-13-11/h2-3,6,8-9,14-15H,4-5,7,12H2,1H3. The molecule has 0 spiro atoms. The Hall–Kier alpha value is -1.18. The number of nitrogen functional groups attached to an aromatic ring is 1. The number of rotatable bonds is 4. The number of nitrogens with two attached hydrogens (primary N) is 1. The van der Waals surface area contributed by atoms with E-state index in [9.17, 15) is 8.42 Å². The van der Waals surface area contributed by atoms with E-state index in [0.717, 1.165) is 19.3 Å². The lowest BCUT2D eigenvalue weighted by molar-refractivity contribution is 0.536. The summed E-state index contributed by atoms with van der Waals surface area (Å²) in [5.41, 5.74) is 2.66. The van der Waals surface area contributed by atoms with Gasteiger partial charge in [-0.2, -0.15) is 0 Å². The lowest BCUT2D eigenvalue weighted by atomic mass is 10.1. The molecule has 1 fully saturated rings. The molecule has 4 N–H and O–H groups in total. The fourth-order valence-electron chi connectivity index (χ4n) is 2.30. The first-order valence-corrected chi connectivity index (χ1v) is 7.45. The minimum Gasteiger partial charge on any atom is -0.321 e. The van der Waals surface area contributed by atoms with Gasteiger partial charge in [-0.3, -0.25) is 5.84 Å². The van der Waals surface area contributed by atoms with Gasteiger partial charge in [-0.1, -0.05) is 6.92 Å². The molecule has 0 aromatic carbocycles. The highest BCUT2D eigenvalue weighted by Gasteiger charge is 2.28. The van der Waals surface area contributed by atoms with Crippen LogP contribution in [0.1, 0.15) is 26.2 Å². The third kappa shape index (κ3) is 2.80. The van der Waals surface area contributed by atoms with E-state index in [1.54, 1.807) is 12.1 Å². The van der Waals surface area contributed by atoms with Crippen molar-refractivity contribution in [2.75, 3.05) is 5.43 Å². The van der Waals surface area contributed by atoms with Gasteiger partial charge in [-0.25, -0.2) is 18.1 Å². The van der Waals surface area contributed by atoms with E-state index in [1.807, 2.05) is 0 Å². The Bertz CT molecular complexity index is 518. The first-order valence-electron chi connectivity index (χ1n) is 5.97. The number of aromatic nitrogens is 1. The van der Waals surface area contributed by atoms with Gasteiger partial charge in [0.1, 0.15) is 0 Å². The molecule has 6 nitrogen and oxygen atoms in total. The number of pyridine rings is 1. The van der Waals surface area contributed by atoms with Gasteiger partial charge in [-0.15, -0.1) is 0 Å². The average Bonchev–Trinajstić information content (AvgIpc) is 2.74. The molecular formula is C11H18N4O2S. The predicted octanol–water partition coefficient (Wildman–Crippen LogP) is 0.834. The highest BCUT2D eigenvalue weighted by molar-refractivity contribution is 7.89. The van der Waals surface area contributed by atoms with E-state index < -0.39 is 10.0 Å². The van der Waals surface area contributed by atoms with Crippen LogP contribution in [0.3, 0.4) is 0 Å². The van der Waals surface area contributed by atoms with Crippen LogP contribution in [-0.2, 0) is 10.0 Å². The largest absolute Gasteiger partial charge is 0.321 e. The van der Waals surface area contributed by atoms with Crippen molar-refractivity contribution in [2.45, 2.75) is 37.3 Å². The molecule has 1 aliphatic carbocycles. The van der Waals surface area contributed by atoms with E-state index >= 15 is 0 Å². The van der Waals surface area contributed by atoms with E-state index in [2.05, 4.69) is 22.1 Å². The molecular weight excluding hydrogens is 252 g/mol. The van der Waals surface area contributed by atoms with Gasteiger partial charge < -0.3 is 5.43 Å². The predicted molar refractivity (Wildman–Crippen MR) is 69.2 cm³/mol. The number of sulfonamides is 1. The van der Waals surface area contributed by atoms with Gasteiger partial charge in [0.2, 0.25) is 0 Å². The zero-order chi connectivity index (χ0) is 13.2. The summed E-state index contributed by atoms with van der Waals surface area (Å²) in [7, 11) is -3.61. The first-order chi connectivity index (χ1) is 8.53. The Labute approximate surface area is 107 Å². The van der Waals surface area contributed by atoms with E-state index in [0.29, 0.717) is 11.6 Å². The van der Waals surface area contributed by atoms with Crippen LogP contribution in [0.5, 0.6) is 0 Å². The Morgan fingerprint density at radius 2 is 2.22 bits per heavy atom. The number of nitrogens with zero attached hydrogens (tertiary/aromatic N) is 1. The number of hydrazine groups is 1. The Kier molecular flexibility index (Phi) is 3.84. The topological polar surface area (TPSA) is 97.1 Å². The molecule has 2 unspecified atom stereocenters. The highest BCUT2D eigenvalue weighted by atomic mass is 32.2. The summed E-state index contributed by atoms with van der Waals surface area (Å²) < 4.78 is 27.1. The molecule has 1 aliphatic rings. The summed E-state index contributed by atoms with van der Waals surface area (Å²) in [5.74, 6) is 5.86. The summed E-state index contributed by atoms with van der Waals surface area (Å²) in [6.45, 7) is 2.13. The maximum Gasteiger partial charge on any atom is 0.260 e. The number of nitrogens with one attached hydrogen (secondary N) is 2. The second-order valence-electron chi connectivity index (χ2n) is 4.74. The summed E-state index contributed by atoms with van der Waals surface area (Å²) in [6.07, 6.45) is 4.24. The van der Waals surface area contributed by atoms with Gasteiger partial charge in [0.25, 0.3) is 10.0 Å².